The van der Waals surface area contributed by atoms with Gasteiger partial charge in [0.25, 0.3) is 17.7 Å². The van der Waals surface area contributed by atoms with Crippen molar-refractivity contribution in [3.63, 3.8) is 0 Å². The molecule has 7 heterocycles. The number of thioether (sulfide) groups is 1. The number of pyridine rings is 1. The maximum absolute atomic E-state index is 13.4. The number of unbranched alkanes of at least 4 members (excludes halogenated alkanes) is 4. The van der Waals surface area contributed by atoms with Gasteiger partial charge in [0.15, 0.2) is 11.5 Å². The number of anilines is 1. The minimum absolute atomic E-state index is 0.0398. The number of hydrogen-bond acceptors (Lipinski definition) is 13. The Kier molecular flexibility index (Phi) is 16.8. The molecule has 17 heteroatoms. The van der Waals surface area contributed by atoms with Gasteiger partial charge in [-0.2, -0.15) is 0 Å². The topological polar surface area (TPSA) is 181 Å². The number of amides is 6. The van der Waals surface area contributed by atoms with Gasteiger partial charge in [-0.15, -0.1) is 22.0 Å². The number of piperidine rings is 3. The van der Waals surface area contributed by atoms with Gasteiger partial charge in [0.2, 0.25) is 17.7 Å². The summed E-state index contributed by atoms with van der Waals surface area (Å²) in [5.74, 6) is 0.245. The molecule has 5 aliphatic heterocycles. The molecule has 2 N–H and O–H groups in total. The largest absolute Gasteiger partial charge is 0.355 e. The summed E-state index contributed by atoms with van der Waals surface area (Å²) in [6, 6.07) is 12.5. The van der Waals surface area contributed by atoms with Gasteiger partial charge in [-0.05, 0) is 112 Å². The van der Waals surface area contributed by atoms with E-state index in [1.54, 1.807) is 48.4 Å². The summed E-state index contributed by atoms with van der Waals surface area (Å²) >= 11 is 1.59. The van der Waals surface area contributed by atoms with Crippen LogP contribution in [-0.2, 0) is 14.4 Å². The van der Waals surface area contributed by atoms with Crippen molar-refractivity contribution >= 4 is 59.1 Å². The Balaban J connectivity index is 0.655. The lowest BCUT2D eigenvalue weighted by atomic mass is 9.91. The van der Waals surface area contributed by atoms with E-state index in [1.807, 2.05) is 35.2 Å². The lowest BCUT2D eigenvalue weighted by molar-refractivity contribution is -0.136. The Morgan fingerprint density at radius 1 is 0.791 bits per heavy atom. The van der Waals surface area contributed by atoms with Crippen LogP contribution in [0.4, 0.5) is 5.82 Å². The van der Waals surface area contributed by atoms with E-state index in [0.29, 0.717) is 35.3 Å². The second kappa shape index (κ2) is 23.5. The predicted molar refractivity (Wildman–Crippen MR) is 256 cm³/mol. The fourth-order valence-corrected chi connectivity index (χ4v) is 11.1. The third-order valence-corrected chi connectivity index (χ3v) is 15.1. The van der Waals surface area contributed by atoms with Crippen LogP contribution in [0, 0.1) is 5.92 Å². The molecule has 4 fully saturated rings. The molecule has 0 spiro atoms. The molecule has 5 aliphatic rings. The number of piperazine rings is 1. The molecule has 67 heavy (non-hydrogen) atoms. The van der Waals surface area contributed by atoms with Crippen molar-refractivity contribution in [3.05, 3.63) is 83.3 Å². The van der Waals surface area contributed by atoms with E-state index in [1.165, 1.54) is 0 Å². The van der Waals surface area contributed by atoms with Gasteiger partial charge in [-0.1, -0.05) is 37.8 Å². The van der Waals surface area contributed by atoms with Gasteiger partial charge < -0.3 is 20.0 Å². The Hall–Kier alpha value is -5.52. The van der Waals surface area contributed by atoms with Crippen LogP contribution in [-0.4, -0.2) is 154 Å². The predicted octanol–water partition coefficient (Wildman–Crippen LogP) is 5.06. The van der Waals surface area contributed by atoms with Gasteiger partial charge in [-0.3, -0.25) is 48.9 Å². The first-order valence-electron chi connectivity index (χ1n) is 24.4. The number of rotatable bonds is 19. The van der Waals surface area contributed by atoms with E-state index >= 15 is 0 Å². The van der Waals surface area contributed by atoms with Gasteiger partial charge in [0.1, 0.15) is 6.04 Å². The lowest BCUT2D eigenvalue weighted by Gasteiger charge is -2.43. The smallest absolute Gasteiger partial charge is 0.274 e. The summed E-state index contributed by atoms with van der Waals surface area (Å²) in [5, 5.41) is 14.1. The Morgan fingerprint density at radius 2 is 1.60 bits per heavy atom. The van der Waals surface area contributed by atoms with E-state index in [4.69, 9.17) is 0 Å². The Morgan fingerprint density at radius 3 is 2.34 bits per heavy atom. The lowest BCUT2D eigenvalue weighted by Crippen LogP contribution is -2.54. The fraction of sp³-hybridized carbons (Fsp3) is 0.540. The minimum Gasteiger partial charge on any atom is -0.355 e. The van der Waals surface area contributed by atoms with E-state index in [-0.39, 0.29) is 30.6 Å². The number of nitrogens with zero attached hydrogens (tertiary/aromatic N) is 8. The quantitative estimate of drug-likeness (QED) is 0.0706. The number of nitrogens with one attached hydrogen (secondary N) is 2. The molecular weight excluding hydrogens is 869 g/mol. The summed E-state index contributed by atoms with van der Waals surface area (Å²) in [4.78, 5) is 91.4. The molecule has 3 aromatic rings. The van der Waals surface area contributed by atoms with Crippen LogP contribution in [0.3, 0.4) is 0 Å². The Labute approximate surface area is 397 Å². The third-order valence-electron chi connectivity index (χ3n) is 14.0. The summed E-state index contributed by atoms with van der Waals surface area (Å²) in [5.41, 5.74) is 2.01. The zero-order valence-corrected chi connectivity index (χ0v) is 39.3. The molecule has 1 atom stereocenters. The number of imide groups is 2. The molecule has 1 unspecified atom stereocenters. The van der Waals surface area contributed by atoms with Crippen molar-refractivity contribution in [1.29, 1.82) is 0 Å². The molecule has 16 nitrogen and oxygen atoms in total. The van der Waals surface area contributed by atoms with Crippen molar-refractivity contribution in [2.24, 2.45) is 5.92 Å². The van der Waals surface area contributed by atoms with Crippen molar-refractivity contribution < 1.29 is 28.8 Å². The van der Waals surface area contributed by atoms with E-state index < -0.39 is 23.8 Å². The number of hydrogen-bond donors (Lipinski definition) is 2. The molecule has 0 aliphatic carbocycles. The molecule has 356 valence electrons. The molecular formula is C50H64N10O6S. The van der Waals surface area contributed by atoms with Crippen LogP contribution in [0.2, 0.25) is 0 Å². The number of likely N-dealkylation sites (tertiary alicyclic amines) is 1. The zero-order chi connectivity index (χ0) is 46.5. The number of carbonyl (C=O) groups is 6. The maximum Gasteiger partial charge on any atom is 0.274 e. The van der Waals surface area contributed by atoms with E-state index in [2.05, 4.69) is 40.5 Å². The second-order valence-corrected chi connectivity index (χ2v) is 19.5. The highest BCUT2D eigenvalue weighted by Crippen LogP contribution is 2.35. The van der Waals surface area contributed by atoms with Crippen molar-refractivity contribution in [2.75, 3.05) is 76.1 Å². The van der Waals surface area contributed by atoms with Gasteiger partial charge >= 0.3 is 0 Å². The second-order valence-electron chi connectivity index (χ2n) is 18.4. The molecule has 8 rings (SSSR count). The molecule has 0 radical (unpaired) electrons. The number of fused-ring (bicyclic) bond motifs is 1. The normalized spacial score (nSPS) is 20.2. The van der Waals surface area contributed by atoms with Crippen LogP contribution in [0.1, 0.15) is 120 Å². The van der Waals surface area contributed by atoms with Gasteiger partial charge in [-0.25, -0.2) is 0 Å². The van der Waals surface area contributed by atoms with Gasteiger partial charge in [0.05, 0.1) is 11.1 Å². The number of aromatic nitrogens is 3. The standard InChI is InChI=1S/C50H64N10O6S/c61-44(17-13-37-10-8-23-51-35-37)52-24-4-3-9-36-19-26-59(27-20-36)49(65)40-14-16-43(55-54-40)58-28-21-38(22-29-58)57-32-30-56(31-33-57)25-5-1-2-6-34-67-42-12-7-11-39-46(42)50(66)60(48(39)64)41-15-18-45(62)53-47(41)63/h7-8,10-14,16-17,23,35-36,38,41H,1-6,9,15,18-22,24-34H2,(H,52,61)(H,53,62,63)/b17-13+. The summed E-state index contributed by atoms with van der Waals surface area (Å²) < 4.78 is 0. The summed E-state index contributed by atoms with van der Waals surface area (Å²) in [6.07, 6.45) is 18.6. The highest BCUT2D eigenvalue weighted by Gasteiger charge is 2.45. The van der Waals surface area contributed by atoms with Crippen LogP contribution < -0.4 is 15.5 Å². The molecule has 2 aromatic heterocycles. The van der Waals surface area contributed by atoms with Crippen LogP contribution >= 0.6 is 11.8 Å². The van der Waals surface area contributed by atoms with Crippen molar-refractivity contribution in [3.8, 4) is 0 Å². The monoisotopic (exact) mass is 932 g/mol. The summed E-state index contributed by atoms with van der Waals surface area (Å²) in [6.45, 7) is 9.43. The van der Waals surface area contributed by atoms with Crippen molar-refractivity contribution in [2.45, 2.75) is 100 Å². The number of carbonyl (C=O) groups excluding carboxylic acids is 6. The fourth-order valence-electron chi connectivity index (χ4n) is 10.1. The van der Waals surface area contributed by atoms with Crippen LogP contribution in [0.5, 0.6) is 0 Å². The molecule has 1 aromatic carbocycles. The molecule has 4 saturated heterocycles. The maximum atomic E-state index is 13.4. The SMILES string of the molecule is O=C(/C=C/c1cccnc1)NCCCCC1CCN(C(=O)c2ccc(N3CCC(N4CCN(CCCCCCSc5cccc6c5C(=O)N(C5CCC(=O)NC5=O)C6=O)CC4)CC3)nn2)CC1. The summed E-state index contributed by atoms with van der Waals surface area (Å²) in [7, 11) is 0. The van der Waals surface area contributed by atoms with Crippen LogP contribution in [0.15, 0.2) is 65.8 Å². The first kappa shape index (κ1) is 48.0. The molecule has 0 saturated carbocycles. The zero-order valence-electron chi connectivity index (χ0n) is 38.5. The highest BCUT2D eigenvalue weighted by atomic mass is 32.2. The highest BCUT2D eigenvalue weighted by molar-refractivity contribution is 7.99. The first-order valence-corrected chi connectivity index (χ1v) is 25.4. The van der Waals surface area contributed by atoms with Crippen molar-refractivity contribution in [1.82, 2.24) is 45.4 Å². The average Bonchev–Trinajstić information content (AvgIpc) is 3.62. The van der Waals surface area contributed by atoms with E-state index in [0.717, 1.165) is 156 Å². The molecule has 6 amide bonds. The van der Waals surface area contributed by atoms with Crippen LogP contribution in [0.25, 0.3) is 6.08 Å². The Bertz CT molecular complexity index is 2240. The van der Waals surface area contributed by atoms with E-state index in [9.17, 15) is 28.8 Å². The first-order chi connectivity index (χ1) is 32.7. The van der Waals surface area contributed by atoms with Gasteiger partial charge in [0, 0.05) is 94.7 Å². The number of benzene rings is 1. The molecule has 0 bridgehead atoms. The average molecular weight is 933 g/mol. The third kappa shape index (κ3) is 12.5. The minimum atomic E-state index is -0.956.